The van der Waals surface area contributed by atoms with Gasteiger partial charge in [0.05, 0.1) is 26.2 Å². The first-order chi connectivity index (χ1) is 28.3. The van der Waals surface area contributed by atoms with Crippen LogP contribution < -0.4 is 57.3 Å². The van der Waals surface area contributed by atoms with Crippen molar-refractivity contribution >= 4 is 85.0 Å². The molecule has 0 heterocycles. The average molecular weight is 969 g/mol. The normalized spacial score (nSPS) is 11.7. The van der Waals surface area contributed by atoms with Crippen LogP contribution in [-0.2, 0) is 47.9 Å². The molecule has 0 saturated heterocycles. The maximum atomic E-state index is 10.1. The van der Waals surface area contributed by atoms with E-state index in [2.05, 4.69) is 48.2 Å². The van der Waals surface area contributed by atoms with Crippen LogP contribution in [0.4, 0.5) is 0 Å². The van der Waals surface area contributed by atoms with Gasteiger partial charge in [0, 0.05) is 11.5 Å². The van der Waals surface area contributed by atoms with Gasteiger partial charge in [-0.25, -0.2) is 0 Å². The molecule has 0 amide bonds. The maximum absolute atomic E-state index is 10.1. The third kappa shape index (κ3) is 113. The van der Waals surface area contributed by atoms with Gasteiger partial charge in [-0.05, 0) is 32.1 Å². The predicted molar refractivity (Wildman–Crippen MR) is 234 cm³/mol. The second kappa shape index (κ2) is 57.0. The monoisotopic (exact) mass is 968 g/mol. The Morgan fingerprint density at radius 2 is 0.556 bits per heavy atom. The summed E-state index contributed by atoms with van der Waals surface area (Å²) < 4.78 is 0. The third-order valence-corrected chi connectivity index (χ3v) is 5.34. The number of aliphatic carboxylic acids is 10. The summed E-state index contributed by atoms with van der Waals surface area (Å²) in [6.07, 6.45) is 0.551. The number of thiol groups is 2. The fourth-order valence-electron chi connectivity index (χ4n) is 1.05. The average Bonchev–Trinajstić information content (AvgIpc) is 3.18. The van der Waals surface area contributed by atoms with Gasteiger partial charge in [0.1, 0.15) is 36.3 Å². The second-order valence-corrected chi connectivity index (χ2v) is 12.3. The molecule has 0 aromatic carbocycles. The van der Waals surface area contributed by atoms with Crippen LogP contribution in [0.25, 0.3) is 0 Å². The Morgan fingerprint density at radius 1 is 0.381 bits per heavy atom. The zero-order chi connectivity index (χ0) is 53.3. The first-order valence-electron chi connectivity index (χ1n) is 17.1. The van der Waals surface area contributed by atoms with E-state index in [-0.39, 0.29) is 43.6 Å². The first kappa shape index (κ1) is 81.8. The van der Waals surface area contributed by atoms with Crippen molar-refractivity contribution in [1.82, 2.24) is 0 Å². The Bertz CT molecular complexity index is 1140. The minimum atomic E-state index is -1.00. The quantitative estimate of drug-likeness (QED) is 0.0680. The number of hydrogen-bond donors (Lipinski definition) is 22. The van der Waals surface area contributed by atoms with Gasteiger partial charge in [-0.2, -0.15) is 25.3 Å². The fraction of sp³-hybridized carbons (Fsp3) is 0.677. The molecular weight excluding hydrogens is 897 g/mol. The Morgan fingerprint density at radius 3 is 0.571 bits per heavy atom. The van der Waals surface area contributed by atoms with E-state index in [1.54, 1.807) is 13.8 Å². The predicted octanol–water partition coefficient (Wildman–Crippen LogP) is -5.89. The van der Waals surface area contributed by atoms with Crippen molar-refractivity contribution in [2.45, 2.75) is 84.2 Å². The Kier molecular flexibility index (Phi) is 74.0. The highest BCUT2D eigenvalue weighted by Crippen LogP contribution is 2.01. The number of rotatable bonds is 15. The van der Waals surface area contributed by atoms with Gasteiger partial charge in [-0.1, -0.05) is 27.7 Å². The highest BCUT2D eigenvalue weighted by atomic mass is 32.1. The van der Waals surface area contributed by atoms with Gasteiger partial charge >= 0.3 is 59.7 Å². The van der Waals surface area contributed by atoms with Gasteiger partial charge in [-0.15, -0.1) is 0 Å². The molecule has 0 aliphatic carbocycles. The summed E-state index contributed by atoms with van der Waals surface area (Å²) in [6, 6.07) is -4.50. The summed E-state index contributed by atoms with van der Waals surface area (Å²) in [5, 5.41) is 78.7. The van der Waals surface area contributed by atoms with Crippen molar-refractivity contribution in [2.75, 3.05) is 37.7 Å². The molecule has 378 valence electrons. The van der Waals surface area contributed by atoms with Gasteiger partial charge in [0.2, 0.25) is 0 Å². The van der Waals surface area contributed by atoms with Crippen LogP contribution in [-0.4, -0.2) is 185 Å². The Hall–Kier alpha value is -5.00. The van der Waals surface area contributed by atoms with Crippen molar-refractivity contribution in [2.24, 2.45) is 69.2 Å². The standard InChI is InChI=1S/C6H13NO2.C5H11NO2.2C3H7NO2S.2C3H7NO2.4C2H5NO2/c1-4(2)3-5(7)6(8)9;1-3(2)4(6)5(7)8;2*4-2(1-7)3(5)6;2*1-2(4)3(5)6;4*3-1-2(4)5/h4-5H,3,7H2,1-2H3,(H,8,9);3-4H,6H2,1-2H3,(H,7,8);2*2,7H,1,4H2,(H,5,6);2*2H,4H2,1H3,(H,5,6);4*1,3H2,(H,4,5)/t5-;4-;4*2-;;;;/m000000..../s1. The number of carboxylic acids is 10. The van der Waals surface area contributed by atoms with E-state index in [0.29, 0.717) is 12.3 Å². The largest absolute Gasteiger partial charge is 0.480 e. The summed E-state index contributed by atoms with van der Waals surface area (Å²) in [4.78, 5) is 95.8. The molecule has 0 spiro atoms. The van der Waals surface area contributed by atoms with Crippen LogP contribution in [0.15, 0.2) is 0 Å². The highest BCUT2D eigenvalue weighted by molar-refractivity contribution is 7.80. The summed E-state index contributed by atoms with van der Waals surface area (Å²) in [6.45, 7) is 9.17. The molecular formula is C31H72N10O20S2. The van der Waals surface area contributed by atoms with E-state index in [0.717, 1.165) is 0 Å². The van der Waals surface area contributed by atoms with Gasteiger partial charge < -0.3 is 108 Å². The maximum Gasteiger partial charge on any atom is 0.321 e. The molecule has 0 aliphatic heterocycles. The molecule has 6 atom stereocenters. The number of nitrogens with two attached hydrogens (primary N) is 10. The zero-order valence-electron chi connectivity index (χ0n) is 35.8. The first-order valence-corrected chi connectivity index (χ1v) is 18.4. The molecule has 0 aliphatic rings. The summed E-state index contributed by atoms with van der Waals surface area (Å²) in [5.74, 6) is -8.89. The van der Waals surface area contributed by atoms with Gasteiger partial charge in [-0.3, -0.25) is 47.9 Å². The summed E-state index contributed by atoms with van der Waals surface area (Å²) >= 11 is 7.30. The van der Waals surface area contributed by atoms with E-state index in [4.69, 9.17) is 85.5 Å². The SMILES string of the molecule is CC(C)C[C@H](N)C(=O)O.CC(C)[C@H](N)C(=O)O.C[C@H](N)C(=O)O.C[C@H](N)C(=O)O.NCC(=O)O.NCC(=O)O.NCC(=O)O.NCC(=O)O.N[C@@H](CS)C(=O)O.N[C@@H](CS)C(=O)O. The Balaban J connectivity index is -0.0000000623. The van der Waals surface area contributed by atoms with E-state index in [1.165, 1.54) is 13.8 Å². The molecule has 30 N–H and O–H groups in total. The molecule has 0 rings (SSSR count). The molecule has 0 aromatic heterocycles. The van der Waals surface area contributed by atoms with Crippen LogP contribution in [0.5, 0.6) is 0 Å². The Labute approximate surface area is 374 Å². The highest BCUT2D eigenvalue weighted by Gasteiger charge is 2.14. The number of hydrogen-bond acceptors (Lipinski definition) is 22. The van der Waals surface area contributed by atoms with Crippen LogP contribution in [0.1, 0.15) is 48.0 Å². The smallest absolute Gasteiger partial charge is 0.321 e. The van der Waals surface area contributed by atoms with E-state index < -0.39 is 95.9 Å². The van der Waals surface area contributed by atoms with E-state index in [1.807, 2.05) is 13.8 Å². The van der Waals surface area contributed by atoms with Crippen LogP contribution in [0.2, 0.25) is 0 Å². The second-order valence-electron chi connectivity index (χ2n) is 11.6. The van der Waals surface area contributed by atoms with Crippen molar-refractivity contribution in [3.8, 4) is 0 Å². The minimum Gasteiger partial charge on any atom is -0.480 e. The van der Waals surface area contributed by atoms with Crippen molar-refractivity contribution in [3.05, 3.63) is 0 Å². The topological polar surface area (TPSA) is 633 Å². The lowest BCUT2D eigenvalue weighted by Gasteiger charge is -2.07. The van der Waals surface area contributed by atoms with Crippen molar-refractivity contribution < 1.29 is 99.0 Å². The van der Waals surface area contributed by atoms with Gasteiger partial charge in [0.15, 0.2) is 0 Å². The van der Waals surface area contributed by atoms with E-state index >= 15 is 0 Å². The van der Waals surface area contributed by atoms with Crippen LogP contribution in [0, 0.1) is 11.8 Å². The van der Waals surface area contributed by atoms with Crippen molar-refractivity contribution in [1.29, 1.82) is 0 Å². The molecule has 0 fully saturated rings. The molecule has 0 unspecified atom stereocenters. The van der Waals surface area contributed by atoms with Crippen LogP contribution in [0.3, 0.4) is 0 Å². The van der Waals surface area contributed by atoms with Gasteiger partial charge in [0.25, 0.3) is 0 Å². The lowest BCUT2D eigenvalue weighted by atomic mass is 10.1. The fourth-order valence-corrected chi connectivity index (χ4v) is 1.36. The van der Waals surface area contributed by atoms with Crippen molar-refractivity contribution in [3.63, 3.8) is 0 Å². The third-order valence-electron chi connectivity index (χ3n) is 4.55. The molecule has 63 heavy (non-hydrogen) atoms. The number of carbonyl (C=O) groups is 10. The molecule has 0 radical (unpaired) electrons. The van der Waals surface area contributed by atoms with E-state index in [9.17, 15) is 47.9 Å². The lowest BCUT2D eigenvalue weighted by Crippen LogP contribution is -2.34. The zero-order valence-corrected chi connectivity index (χ0v) is 37.6. The number of carboxylic acid groups (broad SMARTS) is 10. The lowest BCUT2D eigenvalue weighted by molar-refractivity contribution is -0.140. The molecule has 30 nitrogen and oxygen atoms in total. The molecule has 0 saturated carbocycles. The minimum absolute atomic E-state index is 0.0208. The van der Waals surface area contributed by atoms with Crippen LogP contribution >= 0.6 is 25.3 Å². The summed E-state index contributed by atoms with van der Waals surface area (Å²) in [5.41, 5.74) is 48.2. The molecule has 32 heteroatoms. The molecule has 0 aromatic rings. The summed E-state index contributed by atoms with van der Waals surface area (Å²) in [7, 11) is 0. The molecule has 0 bridgehead atoms.